The number of hydrogen-bond acceptors (Lipinski definition) is 7. The smallest absolute Gasteiger partial charge is 0.319 e. The zero-order valence-corrected chi connectivity index (χ0v) is 15.6. The van der Waals surface area contributed by atoms with Gasteiger partial charge in [0.25, 0.3) is 5.89 Å². The Hall–Kier alpha value is -4.08. The highest BCUT2D eigenvalue weighted by atomic mass is 19.1. The van der Waals surface area contributed by atoms with Crippen molar-refractivity contribution >= 4 is 11.5 Å². The lowest BCUT2D eigenvalue weighted by Crippen LogP contribution is -2.36. The molecular weight excluding hydrogens is 387 g/mol. The standard InChI is InChI=1S/C20H15FN8O/c21-12-4-3-8-29-16(12)10-15(27-29)18-17-13(23-11-24-17)6-9-28(18)20-26-25-19(30-20)14-5-1-2-7-22-14/h1-5,7-8,10-11,18H,6,9H2,(H,23,24)/t18-/m1/s1. The van der Waals surface area contributed by atoms with Gasteiger partial charge in [0.2, 0.25) is 0 Å². The number of anilines is 1. The third-order valence-corrected chi connectivity index (χ3v) is 5.22. The number of H-pyrrole nitrogens is 1. The minimum absolute atomic E-state index is 0.332. The Morgan fingerprint density at radius 1 is 1.13 bits per heavy atom. The van der Waals surface area contributed by atoms with Gasteiger partial charge < -0.3 is 14.3 Å². The number of nitrogens with zero attached hydrogens (tertiary/aromatic N) is 7. The van der Waals surface area contributed by atoms with Crippen LogP contribution < -0.4 is 4.90 Å². The van der Waals surface area contributed by atoms with Crippen molar-refractivity contribution in [2.45, 2.75) is 12.5 Å². The molecule has 10 heteroatoms. The average molecular weight is 402 g/mol. The normalized spacial score (nSPS) is 16.2. The second-order valence-corrected chi connectivity index (χ2v) is 6.97. The van der Waals surface area contributed by atoms with Crippen LogP contribution in [0.5, 0.6) is 0 Å². The van der Waals surface area contributed by atoms with Gasteiger partial charge in [-0.25, -0.2) is 13.9 Å². The topological polar surface area (TPSA) is 101 Å². The van der Waals surface area contributed by atoms with Crippen molar-refractivity contribution in [3.05, 3.63) is 78.0 Å². The fourth-order valence-electron chi connectivity index (χ4n) is 3.84. The maximum Gasteiger partial charge on any atom is 0.319 e. The number of rotatable bonds is 3. The second kappa shape index (κ2) is 6.48. The third kappa shape index (κ3) is 2.57. The van der Waals surface area contributed by atoms with Crippen molar-refractivity contribution in [3.63, 3.8) is 0 Å². The van der Waals surface area contributed by atoms with E-state index in [9.17, 15) is 4.39 Å². The number of hydrogen-bond donors (Lipinski definition) is 1. The summed E-state index contributed by atoms with van der Waals surface area (Å²) in [7, 11) is 0. The highest BCUT2D eigenvalue weighted by Gasteiger charge is 2.36. The zero-order chi connectivity index (χ0) is 20.1. The van der Waals surface area contributed by atoms with E-state index in [4.69, 9.17) is 4.42 Å². The molecule has 0 radical (unpaired) electrons. The van der Waals surface area contributed by atoms with Crippen LogP contribution in [0.25, 0.3) is 17.1 Å². The van der Waals surface area contributed by atoms with Crippen molar-refractivity contribution in [2.24, 2.45) is 0 Å². The molecule has 0 saturated heterocycles. The second-order valence-electron chi connectivity index (χ2n) is 6.97. The summed E-state index contributed by atoms with van der Waals surface area (Å²) < 4.78 is 21.7. The maximum absolute atomic E-state index is 14.3. The molecule has 0 unspecified atom stereocenters. The predicted molar refractivity (Wildman–Crippen MR) is 104 cm³/mol. The minimum atomic E-state index is -0.392. The van der Waals surface area contributed by atoms with Gasteiger partial charge in [0.05, 0.1) is 17.7 Å². The molecule has 0 fully saturated rings. The lowest BCUT2D eigenvalue weighted by molar-refractivity contribution is 0.502. The van der Waals surface area contributed by atoms with E-state index in [2.05, 4.69) is 30.2 Å². The van der Waals surface area contributed by atoms with Gasteiger partial charge in [0, 0.05) is 31.1 Å². The molecule has 0 spiro atoms. The van der Waals surface area contributed by atoms with E-state index in [1.165, 1.54) is 10.6 Å². The average Bonchev–Trinajstić information content (AvgIpc) is 3.52. The van der Waals surface area contributed by atoms with Crippen LogP contribution in [0, 0.1) is 5.82 Å². The maximum atomic E-state index is 14.3. The van der Waals surface area contributed by atoms with Crippen molar-refractivity contribution in [1.29, 1.82) is 0 Å². The fraction of sp³-hybridized carbons (Fsp3) is 0.150. The number of aromatic amines is 1. The lowest BCUT2D eigenvalue weighted by atomic mass is 10.0. The van der Waals surface area contributed by atoms with Crippen LogP contribution in [0.1, 0.15) is 23.1 Å². The molecule has 6 rings (SSSR count). The Morgan fingerprint density at radius 3 is 2.97 bits per heavy atom. The molecule has 1 N–H and O–H groups in total. The molecule has 0 saturated carbocycles. The van der Waals surface area contributed by atoms with E-state index in [1.807, 2.05) is 23.1 Å². The Morgan fingerprint density at radius 2 is 2.10 bits per heavy atom. The van der Waals surface area contributed by atoms with Gasteiger partial charge >= 0.3 is 6.01 Å². The van der Waals surface area contributed by atoms with E-state index >= 15 is 0 Å². The first-order valence-corrected chi connectivity index (χ1v) is 9.45. The van der Waals surface area contributed by atoms with Crippen molar-refractivity contribution in [1.82, 2.24) is 34.8 Å². The number of imidazole rings is 1. The molecule has 9 nitrogen and oxygen atoms in total. The van der Waals surface area contributed by atoms with E-state index in [1.54, 1.807) is 30.9 Å². The van der Waals surface area contributed by atoms with Gasteiger partial charge in [-0.2, -0.15) is 5.10 Å². The summed E-state index contributed by atoms with van der Waals surface area (Å²) in [5, 5.41) is 13.0. The van der Waals surface area contributed by atoms with E-state index in [-0.39, 0.29) is 5.82 Å². The van der Waals surface area contributed by atoms with Crippen LogP contribution in [0.4, 0.5) is 10.4 Å². The summed E-state index contributed by atoms with van der Waals surface area (Å²) in [5.41, 5.74) is 3.46. The number of aromatic nitrogens is 7. The van der Waals surface area contributed by atoms with Crippen LogP contribution in [-0.4, -0.2) is 41.3 Å². The summed E-state index contributed by atoms with van der Waals surface area (Å²) in [5.74, 6) is -0.00527. The molecule has 1 atom stereocenters. The van der Waals surface area contributed by atoms with Gasteiger partial charge in [-0.3, -0.25) is 4.98 Å². The number of fused-ring (bicyclic) bond motifs is 2. The molecule has 30 heavy (non-hydrogen) atoms. The summed E-state index contributed by atoms with van der Waals surface area (Å²) in [6.07, 6.45) is 5.77. The van der Waals surface area contributed by atoms with Crippen LogP contribution in [-0.2, 0) is 6.42 Å². The van der Waals surface area contributed by atoms with Gasteiger partial charge in [0.1, 0.15) is 23.1 Å². The monoisotopic (exact) mass is 402 g/mol. The first kappa shape index (κ1) is 16.8. The highest BCUT2D eigenvalue weighted by Crippen LogP contribution is 2.37. The molecule has 0 amide bonds. The molecule has 0 bridgehead atoms. The van der Waals surface area contributed by atoms with Crippen molar-refractivity contribution < 1.29 is 8.81 Å². The lowest BCUT2D eigenvalue weighted by Gasteiger charge is -2.32. The molecule has 0 aliphatic carbocycles. The van der Waals surface area contributed by atoms with Crippen LogP contribution in [0.3, 0.4) is 0 Å². The van der Waals surface area contributed by atoms with Gasteiger partial charge in [-0.05, 0) is 30.3 Å². The zero-order valence-electron chi connectivity index (χ0n) is 15.6. The Bertz CT molecular complexity index is 1340. The number of pyridine rings is 2. The Balaban J connectivity index is 1.46. The first-order valence-electron chi connectivity index (χ1n) is 9.45. The molecule has 0 aromatic carbocycles. The molecule has 5 aromatic heterocycles. The summed E-state index contributed by atoms with van der Waals surface area (Å²) in [6.45, 7) is 0.611. The molecule has 6 heterocycles. The number of nitrogens with one attached hydrogen (secondary N) is 1. The minimum Gasteiger partial charge on any atom is -0.402 e. The molecule has 148 valence electrons. The molecule has 1 aliphatic rings. The van der Waals surface area contributed by atoms with Gasteiger partial charge in [-0.15, -0.1) is 5.10 Å². The SMILES string of the molecule is Fc1cccn2nc([C@@H]3c4nc[nH]c4CCN3c3nnc(-c4ccccn4)o3)cc12. The highest BCUT2D eigenvalue weighted by molar-refractivity contribution is 5.54. The molecule has 1 aliphatic heterocycles. The number of halogens is 1. The summed E-state index contributed by atoms with van der Waals surface area (Å²) >= 11 is 0. The van der Waals surface area contributed by atoms with Crippen LogP contribution in [0.2, 0.25) is 0 Å². The molecular formula is C20H15FN8O. The quantitative estimate of drug-likeness (QED) is 0.495. The van der Waals surface area contributed by atoms with E-state index in [0.29, 0.717) is 35.4 Å². The largest absolute Gasteiger partial charge is 0.402 e. The first-order chi connectivity index (χ1) is 14.8. The summed E-state index contributed by atoms with van der Waals surface area (Å²) in [4.78, 5) is 13.9. The van der Waals surface area contributed by atoms with Crippen LogP contribution in [0.15, 0.2) is 59.5 Å². The third-order valence-electron chi connectivity index (χ3n) is 5.22. The predicted octanol–water partition coefficient (Wildman–Crippen LogP) is 2.79. The van der Waals surface area contributed by atoms with Crippen molar-refractivity contribution in [3.8, 4) is 11.6 Å². The van der Waals surface area contributed by atoms with Crippen molar-refractivity contribution in [2.75, 3.05) is 11.4 Å². The molecule has 5 aromatic rings. The Labute approximate surface area is 169 Å². The van der Waals surface area contributed by atoms with E-state index < -0.39 is 6.04 Å². The van der Waals surface area contributed by atoms with Crippen LogP contribution >= 0.6 is 0 Å². The summed E-state index contributed by atoms with van der Waals surface area (Å²) in [6, 6.07) is 10.2. The van der Waals surface area contributed by atoms with Gasteiger partial charge in [-0.1, -0.05) is 11.2 Å². The fourth-order valence-corrected chi connectivity index (χ4v) is 3.84. The Kier molecular flexibility index (Phi) is 3.63. The van der Waals surface area contributed by atoms with Gasteiger partial charge in [0.15, 0.2) is 0 Å². The van der Waals surface area contributed by atoms with E-state index in [0.717, 1.165) is 17.8 Å².